The molecule has 0 saturated heterocycles. The number of carbonyl (C=O) groups excluding carboxylic acids is 1. The van der Waals surface area contributed by atoms with Gasteiger partial charge in [-0.3, -0.25) is 0 Å². The van der Waals surface area contributed by atoms with Gasteiger partial charge >= 0.3 is 5.97 Å². The van der Waals surface area contributed by atoms with E-state index in [-0.39, 0.29) is 0 Å². The maximum absolute atomic E-state index is 11.6. The minimum atomic E-state index is -0.484. The average Bonchev–Trinajstić information content (AvgIpc) is 2.86. The summed E-state index contributed by atoms with van der Waals surface area (Å²) in [5.41, 5.74) is 0.565. The molecule has 3 heterocycles. The van der Waals surface area contributed by atoms with Crippen molar-refractivity contribution in [2.75, 3.05) is 0 Å². The van der Waals surface area contributed by atoms with Crippen LogP contribution in [0.2, 0.25) is 0 Å². The third-order valence-electron chi connectivity index (χ3n) is 2.68. The maximum Gasteiger partial charge on any atom is 0.371 e. The molecule has 88 valence electrons. The van der Waals surface area contributed by atoms with Crippen LogP contribution in [0, 0.1) is 0 Å². The first kappa shape index (κ1) is 10.1. The molecular weight excluding hydrogens is 222 g/mol. The van der Waals surface area contributed by atoms with Gasteiger partial charge in [0.05, 0.1) is 6.26 Å². The molecule has 17 heavy (non-hydrogen) atoms. The summed E-state index contributed by atoms with van der Waals surface area (Å²) < 4.78 is 11.1. The Hall–Kier alpha value is -2.04. The molecule has 0 fully saturated rings. The smallest absolute Gasteiger partial charge is 0.371 e. The van der Waals surface area contributed by atoms with E-state index in [1.165, 1.54) is 6.26 Å². The van der Waals surface area contributed by atoms with Crippen LogP contribution in [0.5, 0.6) is 0 Å². The SMILES string of the molecule is CC1(C)CC2=NOC(=O)C2=C(c2ccco2)O1. The third-order valence-corrected chi connectivity index (χ3v) is 2.68. The van der Waals surface area contributed by atoms with Crippen molar-refractivity contribution in [3.63, 3.8) is 0 Å². The van der Waals surface area contributed by atoms with Gasteiger partial charge in [0.1, 0.15) is 16.9 Å². The molecule has 1 aromatic heterocycles. The summed E-state index contributed by atoms with van der Waals surface area (Å²) in [7, 11) is 0. The first-order valence-corrected chi connectivity index (χ1v) is 5.32. The zero-order chi connectivity index (χ0) is 12.0. The molecule has 1 aromatic rings. The van der Waals surface area contributed by atoms with Crippen LogP contribution in [0.1, 0.15) is 26.0 Å². The van der Waals surface area contributed by atoms with Crippen molar-refractivity contribution in [1.82, 2.24) is 0 Å². The minimum absolute atomic E-state index is 0.374. The minimum Gasteiger partial charge on any atom is -0.483 e. The number of carbonyl (C=O) groups is 1. The second-order valence-corrected chi connectivity index (χ2v) is 4.64. The van der Waals surface area contributed by atoms with E-state index in [1.807, 2.05) is 13.8 Å². The van der Waals surface area contributed by atoms with E-state index in [0.29, 0.717) is 29.2 Å². The standard InChI is InChI=1S/C12H11NO4/c1-12(2)6-7-9(11(14)17-13-7)10(16-12)8-4-3-5-15-8/h3-5H,6H2,1-2H3. The van der Waals surface area contributed by atoms with E-state index in [1.54, 1.807) is 12.1 Å². The highest BCUT2D eigenvalue weighted by molar-refractivity contribution is 6.27. The topological polar surface area (TPSA) is 61.0 Å². The number of oxime groups is 1. The van der Waals surface area contributed by atoms with Crippen molar-refractivity contribution in [2.45, 2.75) is 25.9 Å². The van der Waals surface area contributed by atoms with Crippen LogP contribution < -0.4 is 0 Å². The fraction of sp³-hybridized carbons (Fsp3) is 0.333. The molecule has 0 N–H and O–H groups in total. The normalized spacial score (nSPS) is 21.8. The lowest BCUT2D eigenvalue weighted by atomic mass is 9.92. The van der Waals surface area contributed by atoms with Crippen LogP contribution in [0.15, 0.2) is 33.5 Å². The van der Waals surface area contributed by atoms with Gasteiger partial charge in [-0.1, -0.05) is 5.16 Å². The highest BCUT2D eigenvalue weighted by atomic mass is 16.7. The van der Waals surface area contributed by atoms with Gasteiger partial charge in [-0.2, -0.15) is 0 Å². The molecule has 0 amide bonds. The number of hydrogen-bond donors (Lipinski definition) is 0. The lowest BCUT2D eigenvalue weighted by Gasteiger charge is -2.31. The fourth-order valence-electron chi connectivity index (χ4n) is 2.00. The third kappa shape index (κ3) is 1.54. The van der Waals surface area contributed by atoms with Crippen molar-refractivity contribution >= 4 is 17.4 Å². The Labute approximate surface area is 97.7 Å². The molecule has 3 rings (SSSR count). The molecule has 0 aromatic carbocycles. The van der Waals surface area contributed by atoms with Crippen molar-refractivity contribution in [2.24, 2.45) is 5.16 Å². The number of furan rings is 1. The molecule has 0 atom stereocenters. The number of nitrogens with zero attached hydrogens (tertiary/aromatic N) is 1. The lowest BCUT2D eigenvalue weighted by molar-refractivity contribution is -0.136. The summed E-state index contributed by atoms with van der Waals surface area (Å²) in [5, 5.41) is 3.78. The zero-order valence-corrected chi connectivity index (χ0v) is 9.52. The summed E-state index contributed by atoms with van der Waals surface area (Å²) >= 11 is 0. The highest BCUT2D eigenvalue weighted by Gasteiger charge is 2.41. The van der Waals surface area contributed by atoms with Gasteiger partial charge in [0.2, 0.25) is 0 Å². The van der Waals surface area contributed by atoms with E-state index in [9.17, 15) is 4.79 Å². The quantitative estimate of drug-likeness (QED) is 0.697. The second-order valence-electron chi connectivity index (χ2n) is 4.64. The number of ether oxygens (including phenoxy) is 1. The van der Waals surface area contributed by atoms with E-state index < -0.39 is 11.6 Å². The Morgan fingerprint density at radius 2 is 2.24 bits per heavy atom. The first-order chi connectivity index (χ1) is 8.07. The van der Waals surface area contributed by atoms with E-state index in [4.69, 9.17) is 14.0 Å². The monoisotopic (exact) mass is 233 g/mol. The molecule has 0 spiro atoms. The predicted molar refractivity (Wildman–Crippen MR) is 58.9 cm³/mol. The largest absolute Gasteiger partial charge is 0.483 e. The Bertz CT molecular complexity index is 537. The molecule has 5 heteroatoms. The van der Waals surface area contributed by atoms with Crippen LogP contribution in [0.4, 0.5) is 0 Å². The van der Waals surface area contributed by atoms with E-state index >= 15 is 0 Å². The molecule has 5 nitrogen and oxygen atoms in total. The van der Waals surface area contributed by atoms with E-state index in [0.717, 1.165) is 0 Å². The fourth-order valence-corrected chi connectivity index (χ4v) is 2.00. The Morgan fingerprint density at radius 3 is 2.94 bits per heavy atom. The first-order valence-electron chi connectivity index (χ1n) is 5.32. The Morgan fingerprint density at radius 1 is 1.41 bits per heavy atom. The lowest BCUT2D eigenvalue weighted by Crippen LogP contribution is -2.33. The summed E-state index contributed by atoms with van der Waals surface area (Å²) in [6.07, 6.45) is 2.07. The molecule has 0 aliphatic carbocycles. The Kier molecular flexibility index (Phi) is 1.92. The van der Waals surface area contributed by atoms with Gasteiger partial charge in [0.15, 0.2) is 11.5 Å². The predicted octanol–water partition coefficient (Wildman–Crippen LogP) is 2.10. The second kappa shape index (κ2) is 3.23. The number of fused-ring (bicyclic) bond motifs is 1. The summed E-state index contributed by atoms with van der Waals surface area (Å²) in [6, 6.07) is 3.48. The van der Waals surface area contributed by atoms with Gasteiger partial charge in [-0.15, -0.1) is 0 Å². The molecular formula is C12H11NO4. The average molecular weight is 233 g/mol. The molecule has 0 radical (unpaired) electrons. The van der Waals surface area contributed by atoms with Gasteiger partial charge in [0, 0.05) is 6.42 Å². The van der Waals surface area contributed by atoms with Crippen LogP contribution in [0.25, 0.3) is 5.76 Å². The van der Waals surface area contributed by atoms with Crippen molar-refractivity contribution in [1.29, 1.82) is 0 Å². The van der Waals surface area contributed by atoms with Gasteiger partial charge in [-0.25, -0.2) is 4.79 Å². The molecule has 0 saturated carbocycles. The Balaban J connectivity index is 2.17. The highest BCUT2D eigenvalue weighted by Crippen LogP contribution is 2.37. The van der Waals surface area contributed by atoms with Gasteiger partial charge < -0.3 is 14.0 Å². The number of hydrogen-bond acceptors (Lipinski definition) is 5. The van der Waals surface area contributed by atoms with Crippen molar-refractivity contribution < 1.29 is 18.8 Å². The van der Waals surface area contributed by atoms with Crippen LogP contribution in [-0.4, -0.2) is 17.3 Å². The molecule has 0 unspecified atom stereocenters. The summed E-state index contributed by atoms with van der Waals surface area (Å²) in [5.74, 6) is 0.439. The van der Waals surface area contributed by atoms with Gasteiger partial charge in [-0.05, 0) is 26.0 Å². The van der Waals surface area contributed by atoms with E-state index in [2.05, 4.69) is 5.16 Å². The van der Waals surface area contributed by atoms with Crippen LogP contribution in [0.3, 0.4) is 0 Å². The van der Waals surface area contributed by atoms with Gasteiger partial charge in [0.25, 0.3) is 0 Å². The summed E-state index contributed by atoms with van der Waals surface area (Å²) in [4.78, 5) is 16.3. The summed E-state index contributed by atoms with van der Waals surface area (Å²) in [6.45, 7) is 3.86. The van der Waals surface area contributed by atoms with Crippen LogP contribution >= 0.6 is 0 Å². The maximum atomic E-state index is 11.6. The molecule has 2 aliphatic rings. The van der Waals surface area contributed by atoms with Crippen molar-refractivity contribution in [3.8, 4) is 0 Å². The number of rotatable bonds is 1. The molecule has 2 aliphatic heterocycles. The molecule has 0 bridgehead atoms. The van der Waals surface area contributed by atoms with Crippen molar-refractivity contribution in [3.05, 3.63) is 29.7 Å². The van der Waals surface area contributed by atoms with Crippen LogP contribution in [-0.2, 0) is 14.4 Å². The zero-order valence-electron chi connectivity index (χ0n) is 9.52.